The van der Waals surface area contributed by atoms with Gasteiger partial charge in [-0.25, -0.2) is 0 Å². The van der Waals surface area contributed by atoms with Crippen LogP contribution in [0.5, 0.6) is 0 Å². The van der Waals surface area contributed by atoms with Crippen LogP contribution in [0.15, 0.2) is 0 Å². The molecule has 0 spiro atoms. The summed E-state index contributed by atoms with van der Waals surface area (Å²) in [4.78, 5) is 0. The summed E-state index contributed by atoms with van der Waals surface area (Å²) < 4.78 is 5.23. The Balaban J connectivity index is 1.59. The minimum absolute atomic E-state index is 0.340. The number of ether oxygens (including phenoxy) is 1. The smallest absolute Gasteiger partial charge is 0.0601 e. The van der Waals surface area contributed by atoms with E-state index in [-0.39, 0.29) is 0 Å². The van der Waals surface area contributed by atoms with E-state index in [2.05, 4.69) is 5.32 Å². The predicted octanol–water partition coefficient (Wildman–Crippen LogP) is 0.916. The van der Waals surface area contributed by atoms with Crippen LogP contribution in [0.3, 0.4) is 0 Å². The Morgan fingerprint density at radius 2 is 2.14 bits per heavy atom. The van der Waals surface area contributed by atoms with E-state index in [1.807, 2.05) is 0 Å². The first-order chi connectivity index (χ1) is 6.78. The number of methoxy groups -OCH3 is 1. The maximum Gasteiger partial charge on any atom is 0.0601 e. The molecule has 2 rings (SSSR count). The molecular formula is C11H21NO2. The summed E-state index contributed by atoms with van der Waals surface area (Å²) in [5.74, 6) is 0. The first kappa shape index (κ1) is 10.4. The standard InChI is InChI=1S/C11H21NO2/c1-14-10-6-9(7-10)12-8-11(2-3-11)4-5-13/h9-10,12-13H,2-8H2,1H3. The van der Waals surface area contributed by atoms with Crippen LogP contribution < -0.4 is 5.32 Å². The van der Waals surface area contributed by atoms with Gasteiger partial charge >= 0.3 is 0 Å². The molecule has 0 atom stereocenters. The van der Waals surface area contributed by atoms with Crippen molar-refractivity contribution in [2.24, 2.45) is 5.41 Å². The maximum atomic E-state index is 8.91. The van der Waals surface area contributed by atoms with Crippen LogP contribution >= 0.6 is 0 Å². The molecule has 0 aliphatic heterocycles. The molecule has 14 heavy (non-hydrogen) atoms. The molecule has 0 aromatic rings. The van der Waals surface area contributed by atoms with Crippen molar-refractivity contribution in [3.05, 3.63) is 0 Å². The van der Waals surface area contributed by atoms with E-state index < -0.39 is 0 Å². The molecule has 82 valence electrons. The van der Waals surface area contributed by atoms with Crippen molar-refractivity contribution in [3.8, 4) is 0 Å². The molecule has 0 amide bonds. The summed E-state index contributed by atoms with van der Waals surface area (Å²) in [7, 11) is 1.79. The first-order valence-electron chi connectivity index (χ1n) is 5.65. The molecule has 2 N–H and O–H groups in total. The molecule has 2 aliphatic carbocycles. The highest BCUT2D eigenvalue weighted by atomic mass is 16.5. The molecule has 0 bridgehead atoms. The minimum Gasteiger partial charge on any atom is -0.396 e. The predicted molar refractivity (Wildman–Crippen MR) is 55.2 cm³/mol. The van der Waals surface area contributed by atoms with Gasteiger partial charge in [0.1, 0.15) is 0 Å². The van der Waals surface area contributed by atoms with Gasteiger partial charge in [0.2, 0.25) is 0 Å². The minimum atomic E-state index is 0.340. The third kappa shape index (κ3) is 2.27. The van der Waals surface area contributed by atoms with Crippen molar-refractivity contribution in [1.29, 1.82) is 0 Å². The number of rotatable bonds is 6. The SMILES string of the molecule is COC1CC(NCC2(CCO)CC2)C1. The average molecular weight is 199 g/mol. The van der Waals surface area contributed by atoms with Crippen LogP contribution in [0.2, 0.25) is 0 Å². The van der Waals surface area contributed by atoms with Gasteiger partial charge in [-0.05, 0) is 37.5 Å². The fourth-order valence-corrected chi connectivity index (χ4v) is 2.21. The van der Waals surface area contributed by atoms with Crippen LogP contribution in [0.1, 0.15) is 32.1 Å². The van der Waals surface area contributed by atoms with E-state index in [0.29, 0.717) is 24.2 Å². The van der Waals surface area contributed by atoms with E-state index in [0.717, 1.165) is 25.8 Å². The molecule has 0 unspecified atom stereocenters. The topological polar surface area (TPSA) is 41.5 Å². The zero-order valence-electron chi connectivity index (χ0n) is 8.96. The molecule has 0 aromatic carbocycles. The van der Waals surface area contributed by atoms with Gasteiger partial charge in [0.25, 0.3) is 0 Å². The third-order valence-electron chi connectivity index (χ3n) is 3.79. The number of nitrogens with one attached hydrogen (secondary N) is 1. The lowest BCUT2D eigenvalue weighted by Crippen LogP contribution is -2.46. The number of aliphatic hydroxyl groups excluding tert-OH is 1. The Morgan fingerprint density at radius 1 is 1.43 bits per heavy atom. The quantitative estimate of drug-likeness (QED) is 0.668. The average Bonchev–Trinajstić information content (AvgIpc) is 2.84. The second-order valence-corrected chi connectivity index (χ2v) is 4.88. The second kappa shape index (κ2) is 4.17. The lowest BCUT2D eigenvalue weighted by molar-refractivity contribution is 0.0157. The van der Waals surface area contributed by atoms with Crippen molar-refractivity contribution in [2.45, 2.75) is 44.2 Å². The van der Waals surface area contributed by atoms with Gasteiger partial charge in [-0.15, -0.1) is 0 Å². The Labute approximate surface area is 85.8 Å². The van der Waals surface area contributed by atoms with Crippen molar-refractivity contribution in [3.63, 3.8) is 0 Å². The lowest BCUT2D eigenvalue weighted by Gasteiger charge is -2.35. The maximum absolute atomic E-state index is 8.91. The highest BCUT2D eigenvalue weighted by Gasteiger charge is 2.42. The summed E-state index contributed by atoms with van der Waals surface area (Å²) in [5.41, 5.74) is 0.451. The summed E-state index contributed by atoms with van der Waals surface area (Å²) in [6.45, 7) is 1.43. The van der Waals surface area contributed by atoms with Crippen molar-refractivity contribution in [1.82, 2.24) is 5.32 Å². The van der Waals surface area contributed by atoms with Crippen LogP contribution in [-0.4, -0.2) is 37.5 Å². The second-order valence-electron chi connectivity index (χ2n) is 4.88. The first-order valence-corrected chi connectivity index (χ1v) is 5.65. The third-order valence-corrected chi connectivity index (χ3v) is 3.79. The number of aliphatic hydroxyl groups is 1. The Kier molecular flexibility index (Phi) is 3.10. The number of hydrogen-bond donors (Lipinski definition) is 2. The fourth-order valence-electron chi connectivity index (χ4n) is 2.21. The Morgan fingerprint density at radius 3 is 2.64 bits per heavy atom. The molecule has 3 nitrogen and oxygen atoms in total. The van der Waals surface area contributed by atoms with Crippen molar-refractivity contribution in [2.75, 3.05) is 20.3 Å². The van der Waals surface area contributed by atoms with Gasteiger partial charge in [0.15, 0.2) is 0 Å². The van der Waals surface area contributed by atoms with E-state index in [4.69, 9.17) is 9.84 Å². The summed E-state index contributed by atoms with van der Waals surface area (Å²) in [6.07, 6.45) is 6.36. The molecular weight excluding hydrogens is 178 g/mol. The molecule has 3 heteroatoms. The molecule has 0 radical (unpaired) electrons. The molecule has 0 aromatic heterocycles. The van der Waals surface area contributed by atoms with Gasteiger partial charge in [-0.2, -0.15) is 0 Å². The molecule has 2 aliphatic rings. The Bertz CT molecular complexity index is 186. The van der Waals surface area contributed by atoms with E-state index in [1.165, 1.54) is 12.8 Å². The summed E-state index contributed by atoms with van der Waals surface area (Å²) in [5, 5.41) is 12.5. The van der Waals surface area contributed by atoms with Crippen LogP contribution in [0, 0.1) is 5.41 Å². The highest BCUT2D eigenvalue weighted by Crippen LogP contribution is 2.48. The van der Waals surface area contributed by atoms with E-state index in [9.17, 15) is 0 Å². The van der Waals surface area contributed by atoms with Crippen molar-refractivity contribution >= 4 is 0 Å². The zero-order valence-corrected chi connectivity index (χ0v) is 8.96. The number of hydrogen-bond acceptors (Lipinski definition) is 3. The normalized spacial score (nSPS) is 33.9. The Hall–Kier alpha value is -0.120. The molecule has 0 heterocycles. The van der Waals surface area contributed by atoms with Gasteiger partial charge < -0.3 is 15.2 Å². The zero-order chi connectivity index (χ0) is 10.0. The van der Waals surface area contributed by atoms with Crippen LogP contribution in [0.4, 0.5) is 0 Å². The lowest BCUT2D eigenvalue weighted by atomic mass is 9.88. The van der Waals surface area contributed by atoms with E-state index in [1.54, 1.807) is 7.11 Å². The monoisotopic (exact) mass is 199 g/mol. The van der Waals surface area contributed by atoms with Gasteiger partial charge in [0.05, 0.1) is 6.10 Å². The fraction of sp³-hybridized carbons (Fsp3) is 1.00. The molecule has 0 saturated heterocycles. The largest absolute Gasteiger partial charge is 0.396 e. The molecule has 2 saturated carbocycles. The highest BCUT2D eigenvalue weighted by molar-refractivity contribution is 4.97. The van der Waals surface area contributed by atoms with E-state index >= 15 is 0 Å². The van der Waals surface area contributed by atoms with Gasteiger partial charge in [-0.3, -0.25) is 0 Å². The summed E-state index contributed by atoms with van der Waals surface area (Å²) >= 11 is 0. The van der Waals surface area contributed by atoms with Crippen LogP contribution in [0.25, 0.3) is 0 Å². The molecule has 2 fully saturated rings. The van der Waals surface area contributed by atoms with Crippen LogP contribution in [-0.2, 0) is 4.74 Å². The van der Waals surface area contributed by atoms with Gasteiger partial charge in [-0.1, -0.05) is 0 Å². The van der Waals surface area contributed by atoms with Gasteiger partial charge in [0, 0.05) is 26.3 Å². The van der Waals surface area contributed by atoms with Crippen molar-refractivity contribution < 1.29 is 9.84 Å². The summed E-state index contributed by atoms with van der Waals surface area (Å²) in [6, 6.07) is 0.663.